The molecule has 0 unspecified atom stereocenters. The molecule has 1 aromatic heterocycles. The standard InChI is InChI=1S/C16H27N3O2/c1-11-15(12(2)19(3)18-11)8-9-16(21)17-14-6-4-13(10-20)5-7-14/h13-14,20H,4-10H2,1-3H3,(H,17,21). The average Bonchev–Trinajstić information content (AvgIpc) is 2.71. The number of aliphatic hydroxyl groups is 1. The van der Waals surface area contributed by atoms with E-state index in [4.69, 9.17) is 5.11 Å². The molecule has 5 nitrogen and oxygen atoms in total. The summed E-state index contributed by atoms with van der Waals surface area (Å²) < 4.78 is 1.87. The van der Waals surface area contributed by atoms with Crippen LogP contribution in [0.1, 0.15) is 49.1 Å². The van der Waals surface area contributed by atoms with Gasteiger partial charge in [-0.15, -0.1) is 0 Å². The van der Waals surface area contributed by atoms with E-state index in [1.165, 1.54) is 5.56 Å². The topological polar surface area (TPSA) is 67.2 Å². The number of hydrogen-bond acceptors (Lipinski definition) is 3. The van der Waals surface area contributed by atoms with Gasteiger partial charge in [-0.1, -0.05) is 0 Å². The van der Waals surface area contributed by atoms with Crippen LogP contribution in [0.5, 0.6) is 0 Å². The highest BCUT2D eigenvalue weighted by atomic mass is 16.3. The van der Waals surface area contributed by atoms with Crippen molar-refractivity contribution in [1.29, 1.82) is 0 Å². The third kappa shape index (κ3) is 4.06. The van der Waals surface area contributed by atoms with E-state index in [9.17, 15) is 4.79 Å². The Morgan fingerprint density at radius 3 is 2.52 bits per heavy atom. The zero-order valence-electron chi connectivity index (χ0n) is 13.4. The van der Waals surface area contributed by atoms with E-state index in [1.807, 2.05) is 25.6 Å². The molecule has 0 aliphatic heterocycles. The molecule has 0 spiro atoms. The zero-order valence-corrected chi connectivity index (χ0v) is 13.4. The van der Waals surface area contributed by atoms with Crippen LogP contribution in [0.3, 0.4) is 0 Å². The van der Waals surface area contributed by atoms with Crippen LogP contribution in [-0.4, -0.2) is 33.4 Å². The van der Waals surface area contributed by atoms with Crippen LogP contribution >= 0.6 is 0 Å². The van der Waals surface area contributed by atoms with Crippen LogP contribution in [-0.2, 0) is 18.3 Å². The van der Waals surface area contributed by atoms with E-state index in [1.54, 1.807) is 0 Å². The maximum atomic E-state index is 12.1. The number of carbonyl (C=O) groups is 1. The first-order valence-electron chi connectivity index (χ1n) is 7.90. The molecule has 1 aromatic rings. The van der Waals surface area contributed by atoms with Crippen LogP contribution in [0.25, 0.3) is 0 Å². The van der Waals surface area contributed by atoms with Gasteiger partial charge in [0.25, 0.3) is 0 Å². The first-order chi connectivity index (χ1) is 10.0. The summed E-state index contributed by atoms with van der Waals surface area (Å²) in [6, 6.07) is 0.288. The van der Waals surface area contributed by atoms with E-state index in [0.717, 1.165) is 43.5 Å². The first-order valence-corrected chi connectivity index (χ1v) is 7.90. The molecular weight excluding hydrogens is 266 g/mol. The lowest BCUT2D eigenvalue weighted by atomic mass is 9.86. The number of rotatable bonds is 5. The van der Waals surface area contributed by atoms with Gasteiger partial charge >= 0.3 is 0 Å². The lowest BCUT2D eigenvalue weighted by molar-refractivity contribution is -0.122. The number of aryl methyl sites for hydroxylation is 2. The summed E-state index contributed by atoms with van der Waals surface area (Å²) in [5, 5.41) is 16.6. The molecule has 1 aliphatic carbocycles. The predicted molar refractivity (Wildman–Crippen MR) is 82.0 cm³/mol. The van der Waals surface area contributed by atoms with Crippen molar-refractivity contribution in [3.63, 3.8) is 0 Å². The van der Waals surface area contributed by atoms with E-state index < -0.39 is 0 Å². The quantitative estimate of drug-likeness (QED) is 0.867. The van der Waals surface area contributed by atoms with Gasteiger partial charge in [0.15, 0.2) is 0 Å². The SMILES string of the molecule is Cc1nn(C)c(C)c1CCC(=O)NC1CCC(CO)CC1. The monoisotopic (exact) mass is 293 g/mol. The number of aromatic nitrogens is 2. The molecule has 0 aromatic carbocycles. The molecule has 118 valence electrons. The van der Waals surface area contributed by atoms with Crippen molar-refractivity contribution < 1.29 is 9.90 Å². The molecule has 5 heteroatoms. The Kier molecular flexibility index (Phi) is 5.39. The van der Waals surface area contributed by atoms with E-state index in [2.05, 4.69) is 10.4 Å². The molecule has 0 radical (unpaired) electrons. The van der Waals surface area contributed by atoms with Gasteiger partial charge in [0.2, 0.25) is 5.91 Å². The predicted octanol–water partition coefficient (Wildman–Crippen LogP) is 1.64. The minimum atomic E-state index is 0.130. The average molecular weight is 293 g/mol. The molecule has 1 saturated carbocycles. The van der Waals surface area contributed by atoms with Crippen molar-refractivity contribution in [3.05, 3.63) is 17.0 Å². The summed E-state index contributed by atoms with van der Waals surface area (Å²) in [5.41, 5.74) is 3.35. The van der Waals surface area contributed by atoms with E-state index in [0.29, 0.717) is 12.3 Å². The number of hydrogen-bond donors (Lipinski definition) is 2. The Hall–Kier alpha value is -1.36. The summed E-state index contributed by atoms with van der Waals surface area (Å²) in [4.78, 5) is 12.1. The minimum absolute atomic E-state index is 0.130. The van der Waals surface area contributed by atoms with Crippen molar-refractivity contribution in [2.75, 3.05) is 6.61 Å². The fraction of sp³-hybridized carbons (Fsp3) is 0.750. The van der Waals surface area contributed by atoms with Crippen molar-refractivity contribution in [2.24, 2.45) is 13.0 Å². The third-order valence-corrected chi connectivity index (χ3v) is 4.73. The molecular formula is C16H27N3O2. The fourth-order valence-corrected chi connectivity index (χ4v) is 3.21. The lowest BCUT2D eigenvalue weighted by Crippen LogP contribution is -2.38. The zero-order chi connectivity index (χ0) is 15.4. The highest BCUT2D eigenvalue weighted by Crippen LogP contribution is 2.23. The van der Waals surface area contributed by atoms with Crippen molar-refractivity contribution in [1.82, 2.24) is 15.1 Å². The first kappa shape index (κ1) is 16.0. The molecule has 1 aliphatic rings. The van der Waals surface area contributed by atoms with Crippen LogP contribution in [0.4, 0.5) is 0 Å². The second kappa shape index (κ2) is 7.07. The highest BCUT2D eigenvalue weighted by Gasteiger charge is 2.22. The van der Waals surface area contributed by atoms with Gasteiger partial charge in [0.05, 0.1) is 5.69 Å². The molecule has 2 N–H and O–H groups in total. The summed E-state index contributed by atoms with van der Waals surface area (Å²) in [6.07, 6.45) is 5.28. The Labute approximate surface area is 126 Å². The number of nitrogens with zero attached hydrogens (tertiary/aromatic N) is 2. The number of aliphatic hydroxyl groups excluding tert-OH is 1. The molecule has 1 amide bonds. The Balaban J connectivity index is 1.78. The van der Waals surface area contributed by atoms with Crippen molar-refractivity contribution in [3.8, 4) is 0 Å². The van der Waals surface area contributed by atoms with Gasteiger partial charge in [0, 0.05) is 31.8 Å². The van der Waals surface area contributed by atoms with Crippen molar-refractivity contribution in [2.45, 2.75) is 58.4 Å². The lowest BCUT2D eigenvalue weighted by Gasteiger charge is -2.27. The molecule has 2 rings (SSSR count). The molecule has 1 heterocycles. The molecule has 21 heavy (non-hydrogen) atoms. The number of nitrogens with one attached hydrogen (secondary N) is 1. The number of amides is 1. The van der Waals surface area contributed by atoms with Gasteiger partial charge in [-0.2, -0.15) is 5.10 Å². The molecule has 1 fully saturated rings. The minimum Gasteiger partial charge on any atom is -0.396 e. The second-order valence-corrected chi connectivity index (χ2v) is 6.24. The summed E-state index contributed by atoms with van der Waals surface area (Å²) in [7, 11) is 1.94. The van der Waals surface area contributed by atoms with E-state index in [-0.39, 0.29) is 18.6 Å². The molecule has 0 bridgehead atoms. The van der Waals surface area contributed by atoms with Gasteiger partial charge in [-0.05, 0) is 57.4 Å². The normalized spacial score (nSPS) is 22.3. The van der Waals surface area contributed by atoms with Crippen LogP contribution in [0, 0.1) is 19.8 Å². The van der Waals surface area contributed by atoms with Gasteiger partial charge in [0.1, 0.15) is 0 Å². The highest BCUT2D eigenvalue weighted by molar-refractivity contribution is 5.76. The van der Waals surface area contributed by atoms with Crippen LogP contribution in [0.2, 0.25) is 0 Å². The summed E-state index contributed by atoms with van der Waals surface area (Å²) in [5.74, 6) is 0.559. The molecule has 0 saturated heterocycles. The number of carbonyl (C=O) groups excluding carboxylic acids is 1. The Morgan fingerprint density at radius 2 is 2.00 bits per heavy atom. The largest absolute Gasteiger partial charge is 0.396 e. The maximum Gasteiger partial charge on any atom is 0.220 e. The summed E-state index contributed by atoms with van der Waals surface area (Å²) in [6.45, 7) is 4.32. The smallest absolute Gasteiger partial charge is 0.220 e. The third-order valence-electron chi connectivity index (χ3n) is 4.73. The van der Waals surface area contributed by atoms with Crippen molar-refractivity contribution >= 4 is 5.91 Å². The van der Waals surface area contributed by atoms with Gasteiger partial charge in [-0.25, -0.2) is 0 Å². The van der Waals surface area contributed by atoms with Crippen LogP contribution < -0.4 is 5.32 Å². The Bertz CT molecular complexity index is 488. The second-order valence-electron chi connectivity index (χ2n) is 6.24. The fourth-order valence-electron chi connectivity index (χ4n) is 3.21. The maximum absolute atomic E-state index is 12.1. The molecule has 0 atom stereocenters. The van der Waals surface area contributed by atoms with Gasteiger partial charge in [-0.3, -0.25) is 9.48 Å². The van der Waals surface area contributed by atoms with Crippen LogP contribution in [0.15, 0.2) is 0 Å². The van der Waals surface area contributed by atoms with E-state index >= 15 is 0 Å². The van der Waals surface area contributed by atoms with Gasteiger partial charge < -0.3 is 10.4 Å². The summed E-state index contributed by atoms with van der Waals surface area (Å²) >= 11 is 0. The Morgan fingerprint density at radius 1 is 1.33 bits per heavy atom.